The summed E-state index contributed by atoms with van der Waals surface area (Å²) in [5, 5.41) is 0.956. The second-order valence-corrected chi connectivity index (χ2v) is 5.41. The van der Waals surface area contributed by atoms with E-state index in [1.807, 2.05) is 0 Å². The van der Waals surface area contributed by atoms with Crippen LogP contribution in [0.4, 0.5) is 5.82 Å². The smallest absolute Gasteiger partial charge is 0.147 e. The maximum absolute atomic E-state index is 5.49. The molecule has 5 heteroatoms. The van der Waals surface area contributed by atoms with Gasteiger partial charge in [-0.15, -0.1) is 0 Å². The SMILES string of the molecule is CCc1c(NN)ncnc1Sc1ccc(C)cc1C. The fraction of sp³-hybridized carbons (Fsp3) is 0.286. The van der Waals surface area contributed by atoms with Crippen LogP contribution in [0.1, 0.15) is 23.6 Å². The van der Waals surface area contributed by atoms with Crippen molar-refractivity contribution in [3.05, 3.63) is 41.2 Å². The molecule has 0 unspecified atom stereocenters. The number of anilines is 1. The van der Waals surface area contributed by atoms with Gasteiger partial charge in [-0.3, -0.25) is 0 Å². The summed E-state index contributed by atoms with van der Waals surface area (Å²) in [6.07, 6.45) is 2.38. The summed E-state index contributed by atoms with van der Waals surface area (Å²) in [6, 6.07) is 6.42. The van der Waals surface area contributed by atoms with Gasteiger partial charge in [0.25, 0.3) is 0 Å². The molecule has 0 aliphatic carbocycles. The molecule has 0 fully saturated rings. The highest BCUT2D eigenvalue weighted by Crippen LogP contribution is 2.33. The van der Waals surface area contributed by atoms with Gasteiger partial charge in [0, 0.05) is 10.5 Å². The van der Waals surface area contributed by atoms with Crippen molar-refractivity contribution in [1.29, 1.82) is 0 Å². The number of aryl methyl sites for hydroxylation is 2. The molecule has 0 aliphatic heterocycles. The number of hydrazine groups is 1. The van der Waals surface area contributed by atoms with E-state index >= 15 is 0 Å². The highest BCUT2D eigenvalue weighted by Gasteiger charge is 2.11. The summed E-state index contributed by atoms with van der Waals surface area (Å²) >= 11 is 1.66. The van der Waals surface area contributed by atoms with Crippen molar-refractivity contribution in [2.45, 2.75) is 37.1 Å². The zero-order valence-corrected chi connectivity index (χ0v) is 12.2. The van der Waals surface area contributed by atoms with Gasteiger partial charge in [-0.1, -0.05) is 36.4 Å². The van der Waals surface area contributed by atoms with Crippen molar-refractivity contribution in [3.63, 3.8) is 0 Å². The number of nitrogens with two attached hydrogens (primary N) is 1. The minimum atomic E-state index is 0.699. The minimum absolute atomic E-state index is 0.699. The average Bonchev–Trinajstić information content (AvgIpc) is 2.41. The normalized spacial score (nSPS) is 10.5. The van der Waals surface area contributed by atoms with Crippen LogP contribution in [0.5, 0.6) is 0 Å². The summed E-state index contributed by atoms with van der Waals surface area (Å²) in [5.74, 6) is 6.19. The van der Waals surface area contributed by atoms with Crippen LogP contribution in [0.2, 0.25) is 0 Å². The van der Waals surface area contributed by atoms with Crippen molar-refractivity contribution >= 4 is 17.6 Å². The summed E-state index contributed by atoms with van der Waals surface area (Å²) in [6.45, 7) is 6.29. The molecule has 1 heterocycles. The van der Waals surface area contributed by atoms with Gasteiger partial charge in [0.1, 0.15) is 17.2 Å². The van der Waals surface area contributed by atoms with Crippen molar-refractivity contribution < 1.29 is 0 Å². The van der Waals surface area contributed by atoms with E-state index in [1.54, 1.807) is 18.1 Å². The predicted octanol–water partition coefficient (Wildman–Crippen LogP) is 3.09. The molecule has 0 atom stereocenters. The second-order valence-electron chi connectivity index (χ2n) is 4.37. The van der Waals surface area contributed by atoms with Crippen LogP contribution in [-0.2, 0) is 6.42 Å². The Labute approximate surface area is 117 Å². The zero-order valence-electron chi connectivity index (χ0n) is 11.4. The topological polar surface area (TPSA) is 63.8 Å². The number of benzene rings is 1. The molecule has 0 radical (unpaired) electrons. The van der Waals surface area contributed by atoms with Gasteiger partial charge in [0.15, 0.2) is 0 Å². The molecular formula is C14H18N4S. The molecule has 0 spiro atoms. The largest absolute Gasteiger partial charge is 0.308 e. The number of aromatic nitrogens is 2. The Hall–Kier alpha value is -1.59. The molecule has 0 saturated carbocycles. The third-order valence-electron chi connectivity index (χ3n) is 2.93. The van der Waals surface area contributed by atoms with E-state index in [4.69, 9.17) is 5.84 Å². The molecule has 1 aromatic carbocycles. The number of nitrogens with one attached hydrogen (secondary N) is 1. The van der Waals surface area contributed by atoms with Crippen LogP contribution in [0.3, 0.4) is 0 Å². The molecule has 0 aliphatic rings. The lowest BCUT2D eigenvalue weighted by Crippen LogP contribution is -2.12. The van der Waals surface area contributed by atoms with Gasteiger partial charge in [-0.05, 0) is 31.9 Å². The standard InChI is InChI=1S/C14H18N4S/c1-4-11-13(18-15)16-8-17-14(11)19-12-6-5-9(2)7-10(12)3/h5-8H,4,15H2,1-3H3,(H,16,17,18). The fourth-order valence-electron chi connectivity index (χ4n) is 1.95. The summed E-state index contributed by atoms with van der Waals surface area (Å²) < 4.78 is 0. The maximum atomic E-state index is 5.49. The molecule has 19 heavy (non-hydrogen) atoms. The molecule has 0 bridgehead atoms. The summed E-state index contributed by atoms with van der Waals surface area (Å²) in [7, 11) is 0. The number of hydrogen-bond donors (Lipinski definition) is 2. The average molecular weight is 274 g/mol. The van der Waals surface area contributed by atoms with Crippen LogP contribution < -0.4 is 11.3 Å². The van der Waals surface area contributed by atoms with E-state index in [-0.39, 0.29) is 0 Å². The van der Waals surface area contributed by atoms with Crippen LogP contribution in [-0.4, -0.2) is 9.97 Å². The van der Waals surface area contributed by atoms with Crippen molar-refractivity contribution in [3.8, 4) is 0 Å². The fourth-order valence-corrected chi connectivity index (χ4v) is 2.97. The zero-order chi connectivity index (χ0) is 13.8. The molecule has 3 N–H and O–H groups in total. The Morgan fingerprint density at radius 1 is 1.26 bits per heavy atom. The molecule has 2 rings (SSSR count). The third kappa shape index (κ3) is 3.05. The molecule has 0 amide bonds. The van der Waals surface area contributed by atoms with Crippen LogP contribution >= 0.6 is 11.8 Å². The first kappa shape index (κ1) is 13.8. The maximum Gasteiger partial charge on any atom is 0.147 e. The van der Waals surface area contributed by atoms with Crippen molar-refractivity contribution in [2.24, 2.45) is 5.84 Å². The minimum Gasteiger partial charge on any atom is -0.308 e. The Kier molecular flexibility index (Phi) is 4.39. The van der Waals surface area contributed by atoms with E-state index in [0.29, 0.717) is 5.82 Å². The molecule has 100 valence electrons. The number of hydrogen-bond acceptors (Lipinski definition) is 5. The molecule has 4 nitrogen and oxygen atoms in total. The Morgan fingerprint density at radius 2 is 2.05 bits per heavy atom. The van der Waals surface area contributed by atoms with E-state index < -0.39 is 0 Å². The lowest BCUT2D eigenvalue weighted by atomic mass is 10.2. The number of nitrogen functional groups attached to an aromatic ring is 1. The first-order chi connectivity index (χ1) is 9.15. The van der Waals surface area contributed by atoms with Crippen molar-refractivity contribution in [1.82, 2.24) is 9.97 Å². The first-order valence-electron chi connectivity index (χ1n) is 6.21. The number of nitrogens with zero attached hydrogens (tertiary/aromatic N) is 2. The summed E-state index contributed by atoms with van der Waals surface area (Å²) in [5.41, 5.74) is 6.21. The Morgan fingerprint density at radius 3 is 2.68 bits per heavy atom. The van der Waals surface area contributed by atoms with Crippen molar-refractivity contribution in [2.75, 3.05) is 5.43 Å². The highest BCUT2D eigenvalue weighted by atomic mass is 32.2. The van der Waals surface area contributed by atoms with Crippen LogP contribution in [0.15, 0.2) is 34.4 Å². The van der Waals surface area contributed by atoms with E-state index in [0.717, 1.165) is 17.0 Å². The van der Waals surface area contributed by atoms with E-state index in [1.165, 1.54) is 16.0 Å². The van der Waals surface area contributed by atoms with Gasteiger partial charge in [0.2, 0.25) is 0 Å². The third-order valence-corrected chi connectivity index (χ3v) is 4.16. The van der Waals surface area contributed by atoms with Crippen LogP contribution in [0, 0.1) is 13.8 Å². The van der Waals surface area contributed by atoms with Gasteiger partial charge in [-0.2, -0.15) is 0 Å². The predicted molar refractivity (Wildman–Crippen MR) is 79.3 cm³/mol. The molecular weight excluding hydrogens is 256 g/mol. The second kappa shape index (κ2) is 6.04. The van der Waals surface area contributed by atoms with Gasteiger partial charge in [0.05, 0.1) is 0 Å². The van der Waals surface area contributed by atoms with E-state index in [2.05, 4.69) is 54.4 Å². The highest BCUT2D eigenvalue weighted by molar-refractivity contribution is 7.99. The van der Waals surface area contributed by atoms with Gasteiger partial charge >= 0.3 is 0 Å². The monoisotopic (exact) mass is 274 g/mol. The lowest BCUT2D eigenvalue weighted by molar-refractivity contribution is 0.940. The quantitative estimate of drug-likeness (QED) is 0.509. The number of rotatable bonds is 4. The summed E-state index contributed by atoms with van der Waals surface area (Å²) in [4.78, 5) is 9.73. The molecule has 1 aromatic heterocycles. The van der Waals surface area contributed by atoms with Gasteiger partial charge < -0.3 is 5.43 Å². The Bertz CT molecular complexity index is 584. The van der Waals surface area contributed by atoms with E-state index in [9.17, 15) is 0 Å². The van der Waals surface area contributed by atoms with Gasteiger partial charge in [-0.25, -0.2) is 15.8 Å². The molecule has 2 aromatic rings. The lowest BCUT2D eigenvalue weighted by Gasteiger charge is -2.11. The van der Waals surface area contributed by atoms with Crippen LogP contribution in [0.25, 0.3) is 0 Å². The Balaban J connectivity index is 2.37. The first-order valence-corrected chi connectivity index (χ1v) is 7.03. The molecule has 0 saturated heterocycles.